The van der Waals surface area contributed by atoms with Crippen molar-refractivity contribution in [1.29, 1.82) is 0 Å². The van der Waals surface area contributed by atoms with Gasteiger partial charge in [-0.1, -0.05) is 18.7 Å². The van der Waals surface area contributed by atoms with Crippen molar-refractivity contribution < 1.29 is 14.3 Å². The highest BCUT2D eigenvalue weighted by Gasteiger charge is 2.17. The summed E-state index contributed by atoms with van der Waals surface area (Å²) >= 11 is 1.28. The summed E-state index contributed by atoms with van der Waals surface area (Å²) in [7, 11) is 0. The Hall–Kier alpha value is -2.35. The van der Waals surface area contributed by atoms with Crippen molar-refractivity contribution >= 4 is 29.3 Å². The molecule has 0 fully saturated rings. The predicted molar refractivity (Wildman–Crippen MR) is 92.1 cm³/mol. The summed E-state index contributed by atoms with van der Waals surface area (Å²) < 4.78 is 4.92. The van der Waals surface area contributed by atoms with Gasteiger partial charge in [0.1, 0.15) is 5.82 Å². The number of aromatic nitrogens is 3. The molecule has 2 rings (SSSR count). The van der Waals surface area contributed by atoms with Gasteiger partial charge >= 0.3 is 5.97 Å². The molecule has 24 heavy (non-hydrogen) atoms. The number of hydrogen-bond donors (Lipinski definition) is 2. The first-order valence-corrected chi connectivity index (χ1v) is 8.57. The molecule has 0 saturated heterocycles. The molecule has 0 spiro atoms. The van der Waals surface area contributed by atoms with Crippen molar-refractivity contribution in [3.63, 3.8) is 0 Å². The molecule has 0 saturated carbocycles. The Morgan fingerprint density at radius 2 is 2.00 bits per heavy atom. The lowest BCUT2D eigenvalue weighted by atomic mass is 10.2. The van der Waals surface area contributed by atoms with E-state index in [0.29, 0.717) is 23.0 Å². The standard InChI is InChI=1S/C16H20N4O3S/c1-4-13-18-16(20-19-13)24-10(3)14(21)17-12-8-6-11(7-9-12)15(22)23-5-2/h6-10H,4-5H2,1-3H3,(H,17,21)(H,18,19,20). The number of rotatable bonds is 7. The molecule has 7 nitrogen and oxygen atoms in total. The maximum atomic E-state index is 12.2. The Balaban J connectivity index is 1.92. The molecule has 2 N–H and O–H groups in total. The smallest absolute Gasteiger partial charge is 0.338 e. The number of nitrogens with zero attached hydrogens (tertiary/aromatic N) is 2. The highest BCUT2D eigenvalue weighted by atomic mass is 32.2. The minimum atomic E-state index is -0.379. The van der Waals surface area contributed by atoms with E-state index in [2.05, 4.69) is 20.5 Å². The van der Waals surface area contributed by atoms with Crippen LogP contribution in [0.4, 0.5) is 5.69 Å². The zero-order chi connectivity index (χ0) is 17.5. The van der Waals surface area contributed by atoms with Gasteiger partial charge in [0.2, 0.25) is 11.1 Å². The fourth-order valence-corrected chi connectivity index (χ4v) is 2.59. The Labute approximate surface area is 144 Å². The van der Waals surface area contributed by atoms with Crippen LogP contribution in [0.3, 0.4) is 0 Å². The molecule has 1 unspecified atom stereocenters. The lowest BCUT2D eigenvalue weighted by Crippen LogP contribution is -2.22. The molecule has 2 aromatic rings. The largest absolute Gasteiger partial charge is 0.462 e. The molecule has 0 aliphatic rings. The van der Waals surface area contributed by atoms with E-state index in [1.165, 1.54) is 11.8 Å². The van der Waals surface area contributed by atoms with Crippen molar-refractivity contribution in [3.05, 3.63) is 35.7 Å². The molecule has 1 aromatic carbocycles. The van der Waals surface area contributed by atoms with Crippen LogP contribution in [0.5, 0.6) is 0 Å². The fraction of sp³-hybridized carbons (Fsp3) is 0.375. The third kappa shape index (κ3) is 4.82. The van der Waals surface area contributed by atoms with Crippen molar-refractivity contribution in [2.24, 2.45) is 0 Å². The van der Waals surface area contributed by atoms with Crippen LogP contribution in [0, 0.1) is 0 Å². The lowest BCUT2D eigenvalue weighted by Gasteiger charge is -2.10. The van der Waals surface area contributed by atoms with Crippen LogP contribution < -0.4 is 5.32 Å². The summed E-state index contributed by atoms with van der Waals surface area (Å²) in [5.74, 6) is 0.252. The maximum absolute atomic E-state index is 12.2. The Morgan fingerprint density at radius 3 is 2.58 bits per heavy atom. The Bertz CT molecular complexity index is 700. The van der Waals surface area contributed by atoms with Gasteiger partial charge in [0.15, 0.2) is 0 Å². The highest BCUT2D eigenvalue weighted by Crippen LogP contribution is 2.21. The molecular formula is C16H20N4O3S. The Morgan fingerprint density at radius 1 is 1.29 bits per heavy atom. The minimum Gasteiger partial charge on any atom is -0.462 e. The van der Waals surface area contributed by atoms with Crippen LogP contribution in [0.1, 0.15) is 37.0 Å². The number of nitrogens with one attached hydrogen (secondary N) is 2. The van der Waals surface area contributed by atoms with Crippen LogP contribution in [0.15, 0.2) is 29.4 Å². The zero-order valence-electron chi connectivity index (χ0n) is 13.8. The first-order valence-electron chi connectivity index (χ1n) is 7.69. The van der Waals surface area contributed by atoms with Crippen LogP contribution >= 0.6 is 11.8 Å². The highest BCUT2D eigenvalue weighted by molar-refractivity contribution is 8.00. The summed E-state index contributed by atoms with van der Waals surface area (Å²) in [4.78, 5) is 28.1. The number of hydrogen-bond acceptors (Lipinski definition) is 6. The van der Waals surface area contributed by atoms with E-state index in [0.717, 1.165) is 12.2 Å². The van der Waals surface area contributed by atoms with Crippen molar-refractivity contribution in [2.75, 3.05) is 11.9 Å². The number of thioether (sulfide) groups is 1. The van der Waals surface area contributed by atoms with Gasteiger partial charge in [-0.25, -0.2) is 9.78 Å². The summed E-state index contributed by atoms with van der Waals surface area (Å²) in [5, 5.41) is 9.88. The SMILES string of the molecule is CCOC(=O)c1ccc(NC(=O)C(C)Sc2n[nH]c(CC)n2)cc1. The molecule has 128 valence electrons. The van der Waals surface area contributed by atoms with Crippen LogP contribution in [-0.2, 0) is 16.0 Å². The molecule has 1 aromatic heterocycles. The van der Waals surface area contributed by atoms with Crippen LogP contribution in [0.2, 0.25) is 0 Å². The number of amides is 1. The van der Waals surface area contributed by atoms with Gasteiger partial charge in [-0.05, 0) is 38.1 Å². The monoisotopic (exact) mass is 348 g/mol. The number of aromatic amines is 1. The second-order valence-electron chi connectivity index (χ2n) is 4.97. The summed E-state index contributed by atoms with van der Waals surface area (Å²) in [5.41, 5.74) is 1.06. The number of carbonyl (C=O) groups is 2. The molecule has 1 atom stereocenters. The average molecular weight is 348 g/mol. The van der Waals surface area contributed by atoms with E-state index in [4.69, 9.17) is 4.74 Å². The second kappa shape index (κ2) is 8.49. The number of benzene rings is 1. The van der Waals surface area contributed by atoms with Gasteiger partial charge < -0.3 is 10.1 Å². The van der Waals surface area contributed by atoms with E-state index in [1.54, 1.807) is 38.1 Å². The number of anilines is 1. The predicted octanol–water partition coefficient (Wildman–Crippen LogP) is 2.66. The molecule has 0 bridgehead atoms. The molecule has 0 radical (unpaired) electrons. The summed E-state index contributed by atoms with van der Waals surface area (Å²) in [6.07, 6.45) is 0.765. The van der Waals surface area contributed by atoms with Crippen LogP contribution in [0.25, 0.3) is 0 Å². The minimum absolute atomic E-state index is 0.160. The van der Waals surface area contributed by atoms with E-state index in [9.17, 15) is 9.59 Å². The van der Waals surface area contributed by atoms with Gasteiger partial charge in [0.25, 0.3) is 0 Å². The maximum Gasteiger partial charge on any atom is 0.338 e. The van der Waals surface area contributed by atoms with Crippen molar-refractivity contribution in [2.45, 2.75) is 37.6 Å². The summed E-state index contributed by atoms with van der Waals surface area (Å²) in [6, 6.07) is 6.58. The third-order valence-electron chi connectivity index (χ3n) is 3.16. The van der Waals surface area contributed by atoms with Gasteiger partial charge in [-0.3, -0.25) is 9.89 Å². The average Bonchev–Trinajstić information content (AvgIpc) is 3.03. The Kier molecular flexibility index (Phi) is 6.36. The molecule has 1 heterocycles. The van der Waals surface area contributed by atoms with Crippen molar-refractivity contribution in [1.82, 2.24) is 15.2 Å². The molecule has 0 aliphatic carbocycles. The molecular weight excluding hydrogens is 328 g/mol. The first-order chi connectivity index (χ1) is 11.5. The number of H-pyrrole nitrogens is 1. The van der Waals surface area contributed by atoms with Gasteiger partial charge in [0, 0.05) is 12.1 Å². The molecule has 1 amide bonds. The van der Waals surface area contributed by atoms with Crippen LogP contribution in [-0.4, -0.2) is 38.9 Å². The third-order valence-corrected chi connectivity index (χ3v) is 4.12. The van der Waals surface area contributed by atoms with E-state index in [1.807, 2.05) is 6.92 Å². The summed E-state index contributed by atoms with van der Waals surface area (Å²) in [6.45, 7) is 5.84. The van der Waals surface area contributed by atoms with Crippen molar-refractivity contribution in [3.8, 4) is 0 Å². The van der Waals surface area contributed by atoms with E-state index in [-0.39, 0.29) is 17.1 Å². The second-order valence-corrected chi connectivity index (χ2v) is 6.27. The van der Waals surface area contributed by atoms with Gasteiger partial charge in [-0.15, -0.1) is 5.10 Å². The normalized spacial score (nSPS) is 11.8. The molecule has 0 aliphatic heterocycles. The van der Waals surface area contributed by atoms with E-state index < -0.39 is 0 Å². The topological polar surface area (TPSA) is 97.0 Å². The fourth-order valence-electron chi connectivity index (χ4n) is 1.85. The van der Waals surface area contributed by atoms with Gasteiger partial charge in [0.05, 0.1) is 17.4 Å². The zero-order valence-corrected chi connectivity index (χ0v) is 14.6. The van der Waals surface area contributed by atoms with Gasteiger partial charge in [-0.2, -0.15) is 0 Å². The van der Waals surface area contributed by atoms with E-state index >= 15 is 0 Å². The number of carbonyl (C=O) groups excluding carboxylic acids is 2. The quantitative estimate of drug-likeness (QED) is 0.590. The number of ether oxygens (including phenoxy) is 1. The number of aryl methyl sites for hydroxylation is 1. The lowest BCUT2D eigenvalue weighted by molar-refractivity contribution is -0.115. The first kappa shape index (κ1) is 18.0. The molecule has 8 heteroatoms. The number of esters is 1.